The van der Waals surface area contributed by atoms with Crippen LogP contribution in [0.25, 0.3) is 0 Å². The maximum atomic E-state index is 13.5. The third-order valence-corrected chi connectivity index (χ3v) is 8.59. The minimum absolute atomic E-state index is 0.0147. The highest BCUT2D eigenvalue weighted by molar-refractivity contribution is 7.99. The molecule has 4 aromatic rings. The van der Waals surface area contributed by atoms with Crippen molar-refractivity contribution in [3.8, 4) is 11.6 Å². The number of aromatic nitrogens is 3. The second-order valence-corrected chi connectivity index (χ2v) is 13.2. The smallest absolute Gasteiger partial charge is 0.496 e. The molecule has 2 aromatic carbocycles. The topological polar surface area (TPSA) is 139 Å². The van der Waals surface area contributed by atoms with Crippen LogP contribution in [-0.2, 0) is 31.5 Å². The first-order valence-electron chi connectivity index (χ1n) is 13.6. The summed E-state index contributed by atoms with van der Waals surface area (Å²) in [4.78, 5) is 25.9. The number of benzene rings is 2. The van der Waals surface area contributed by atoms with Gasteiger partial charge in [-0.1, -0.05) is 62.9 Å². The van der Waals surface area contributed by atoms with E-state index in [1.165, 1.54) is 18.9 Å². The van der Waals surface area contributed by atoms with Gasteiger partial charge >= 0.3 is 6.16 Å². The van der Waals surface area contributed by atoms with E-state index in [1.54, 1.807) is 61.8 Å². The van der Waals surface area contributed by atoms with Crippen molar-refractivity contribution in [1.82, 2.24) is 15.0 Å². The van der Waals surface area contributed by atoms with Gasteiger partial charge in [0, 0.05) is 18.0 Å². The fraction of sp³-hybridized carbons (Fsp3) is 0.290. The van der Waals surface area contributed by atoms with Gasteiger partial charge in [-0.15, -0.1) is 0 Å². The van der Waals surface area contributed by atoms with Crippen LogP contribution in [0.5, 0.6) is 11.6 Å². The van der Waals surface area contributed by atoms with E-state index in [0.29, 0.717) is 15.5 Å². The number of carbonyl (C=O) groups is 1. The Hall–Kier alpha value is -4.36. The molecule has 0 unspecified atom stereocenters. The first-order valence-corrected chi connectivity index (χ1v) is 15.9. The zero-order valence-corrected chi connectivity index (χ0v) is 26.7. The van der Waals surface area contributed by atoms with Crippen molar-refractivity contribution in [2.24, 2.45) is 0 Å². The molecular formula is C31H34N4O7S2. The molecule has 0 fully saturated rings. The number of rotatable bonds is 12. The molecule has 0 aliphatic carbocycles. The van der Waals surface area contributed by atoms with Gasteiger partial charge in [-0.3, -0.25) is 9.71 Å². The Morgan fingerprint density at radius 1 is 0.955 bits per heavy atom. The standard InChI is InChI=1S/C31H34N4O7S2/c1-21-33-28(35-44(37,38)24-14-12-23(13-15-24)31(2,3)4)27(43-26-11-7-6-10-25(26)39-5)29(34-21)40-17-18-41-30(36)42-20-22-9-8-16-32-19-22/h6-16,19H,17-18,20H2,1-5H3,(H,33,34,35). The Morgan fingerprint density at radius 3 is 2.39 bits per heavy atom. The number of carbonyl (C=O) groups excluding carboxylic acids is 1. The van der Waals surface area contributed by atoms with E-state index in [4.69, 9.17) is 18.9 Å². The molecule has 0 spiro atoms. The molecule has 0 bridgehead atoms. The SMILES string of the molecule is COc1ccccc1Sc1c(NS(=O)(=O)c2ccc(C(C)(C)C)cc2)nc(C)nc1OCCOC(=O)OCc1cccnc1. The predicted octanol–water partition coefficient (Wildman–Crippen LogP) is 6.17. The van der Waals surface area contributed by atoms with Gasteiger partial charge in [0.15, 0.2) is 5.82 Å². The average Bonchev–Trinajstić information content (AvgIpc) is 3.00. The summed E-state index contributed by atoms with van der Waals surface area (Å²) in [5.74, 6) is 0.957. The maximum Gasteiger partial charge on any atom is 0.508 e. The van der Waals surface area contributed by atoms with Crippen LogP contribution in [-0.4, -0.2) is 49.8 Å². The fourth-order valence-corrected chi connectivity index (χ4v) is 5.94. The summed E-state index contributed by atoms with van der Waals surface area (Å²) in [6.07, 6.45) is 2.34. The van der Waals surface area contributed by atoms with E-state index in [-0.39, 0.29) is 47.7 Å². The molecule has 232 valence electrons. The summed E-state index contributed by atoms with van der Waals surface area (Å²) in [7, 11) is -2.50. The van der Waals surface area contributed by atoms with Crippen LogP contribution in [0.1, 0.15) is 37.7 Å². The number of anilines is 1. The predicted molar refractivity (Wildman–Crippen MR) is 166 cm³/mol. The van der Waals surface area contributed by atoms with Crippen molar-refractivity contribution in [2.45, 2.75) is 54.4 Å². The van der Waals surface area contributed by atoms with Gasteiger partial charge in [-0.25, -0.2) is 18.2 Å². The molecule has 0 aliphatic heterocycles. The van der Waals surface area contributed by atoms with Gasteiger partial charge in [0.2, 0.25) is 5.88 Å². The lowest BCUT2D eigenvalue weighted by Crippen LogP contribution is -2.18. The van der Waals surface area contributed by atoms with Crippen LogP contribution >= 0.6 is 11.8 Å². The molecule has 0 amide bonds. The van der Waals surface area contributed by atoms with Crippen molar-refractivity contribution < 1.29 is 32.2 Å². The average molecular weight is 639 g/mol. The van der Waals surface area contributed by atoms with Gasteiger partial charge in [0.05, 0.1) is 16.9 Å². The van der Waals surface area contributed by atoms with Crippen LogP contribution in [0, 0.1) is 6.92 Å². The zero-order valence-electron chi connectivity index (χ0n) is 25.1. The first kappa shape index (κ1) is 32.6. The Kier molecular flexibility index (Phi) is 10.7. The van der Waals surface area contributed by atoms with Crippen LogP contribution in [0.2, 0.25) is 0 Å². The molecule has 13 heteroatoms. The van der Waals surface area contributed by atoms with Crippen molar-refractivity contribution >= 4 is 33.8 Å². The highest BCUT2D eigenvalue weighted by Gasteiger charge is 2.24. The zero-order chi connectivity index (χ0) is 31.7. The minimum Gasteiger partial charge on any atom is -0.496 e. The largest absolute Gasteiger partial charge is 0.508 e. The number of aryl methyl sites for hydroxylation is 1. The van der Waals surface area contributed by atoms with E-state index in [2.05, 4.69) is 40.4 Å². The van der Waals surface area contributed by atoms with Crippen molar-refractivity contribution in [1.29, 1.82) is 0 Å². The number of hydrogen-bond donors (Lipinski definition) is 1. The van der Waals surface area contributed by atoms with Gasteiger partial charge in [-0.2, -0.15) is 4.98 Å². The number of ether oxygens (including phenoxy) is 4. The summed E-state index contributed by atoms with van der Waals surface area (Å²) in [5.41, 5.74) is 1.58. The van der Waals surface area contributed by atoms with Gasteiger partial charge in [0.1, 0.15) is 36.3 Å². The van der Waals surface area contributed by atoms with Crippen LogP contribution in [0.15, 0.2) is 87.7 Å². The summed E-state index contributed by atoms with van der Waals surface area (Å²) in [5, 5.41) is 0. The second-order valence-electron chi connectivity index (χ2n) is 10.5. The van der Waals surface area contributed by atoms with Crippen LogP contribution < -0.4 is 14.2 Å². The number of nitrogens with one attached hydrogen (secondary N) is 1. The highest BCUT2D eigenvalue weighted by Crippen LogP contribution is 2.42. The molecule has 0 radical (unpaired) electrons. The molecule has 2 aromatic heterocycles. The van der Waals surface area contributed by atoms with Crippen molar-refractivity contribution in [2.75, 3.05) is 25.0 Å². The van der Waals surface area contributed by atoms with E-state index >= 15 is 0 Å². The summed E-state index contributed by atoms with van der Waals surface area (Å²) >= 11 is 1.17. The number of pyridine rings is 1. The van der Waals surface area contributed by atoms with Crippen LogP contribution in [0.3, 0.4) is 0 Å². The number of methoxy groups -OCH3 is 1. The summed E-state index contributed by atoms with van der Waals surface area (Å²) in [6.45, 7) is 7.56. The van der Waals surface area contributed by atoms with E-state index in [9.17, 15) is 13.2 Å². The Labute approximate surface area is 261 Å². The number of sulfonamides is 1. The van der Waals surface area contributed by atoms with Crippen molar-refractivity contribution in [3.05, 3.63) is 90.0 Å². The number of hydrogen-bond acceptors (Lipinski definition) is 11. The van der Waals surface area contributed by atoms with E-state index < -0.39 is 16.2 Å². The fourth-order valence-electron chi connectivity index (χ4n) is 3.86. The van der Waals surface area contributed by atoms with E-state index in [0.717, 1.165) is 11.1 Å². The third kappa shape index (κ3) is 8.83. The summed E-state index contributed by atoms with van der Waals surface area (Å²) in [6, 6.07) is 17.5. The third-order valence-electron chi connectivity index (χ3n) is 6.11. The molecule has 1 N–H and O–H groups in total. The van der Waals surface area contributed by atoms with Crippen molar-refractivity contribution in [3.63, 3.8) is 0 Å². The molecule has 0 saturated heterocycles. The molecule has 11 nitrogen and oxygen atoms in total. The quantitative estimate of drug-likeness (QED) is 0.141. The lowest BCUT2D eigenvalue weighted by atomic mass is 9.87. The molecular weight excluding hydrogens is 604 g/mol. The van der Waals surface area contributed by atoms with E-state index in [1.807, 2.05) is 18.2 Å². The van der Waals surface area contributed by atoms with Gasteiger partial charge in [-0.05, 0) is 48.2 Å². The lowest BCUT2D eigenvalue weighted by Gasteiger charge is -2.19. The number of nitrogens with zero attached hydrogens (tertiary/aromatic N) is 3. The Balaban J connectivity index is 1.55. The minimum atomic E-state index is -4.04. The summed E-state index contributed by atoms with van der Waals surface area (Å²) < 4.78 is 51.2. The Bertz CT molecular complexity index is 1680. The molecule has 0 saturated carbocycles. The molecule has 2 heterocycles. The monoisotopic (exact) mass is 638 g/mol. The maximum absolute atomic E-state index is 13.5. The second kappa shape index (κ2) is 14.4. The lowest BCUT2D eigenvalue weighted by molar-refractivity contribution is 0.0405. The Morgan fingerprint density at radius 2 is 1.70 bits per heavy atom. The van der Waals surface area contributed by atoms with Crippen LogP contribution in [0.4, 0.5) is 10.6 Å². The molecule has 44 heavy (non-hydrogen) atoms. The first-order chi connectivity index (χ1) is 21.0. The van der Waals surface area contributed by atoms with Gasteiger partial charge in [0.25, 0.3) is 10.0 Å². The molecule has 4 rings (SSSR count). The number of para-hydroxylation sites is 1. The molecule has 0 aliphatic rings. The highest BCUT2D eigenvalue weighted by atomic mass is 32.2. The van der Waals surface area contributed by atoms with Gasteiger partial charge < -0.3 is 18.9 Å². The normalized spacial score (nSPS) is 11.5. The molecule has 0 atom stereocenters.